The largest absolute Gasteiger partial charge is 0.542 e. The van der Waals surface area contributed by atoms with Crippen molar-refractivity contribution in [1.29, 1.82) is 0 Å². The molecule has 4 nitrogen and oxygen atoms in total. The molecule has 1 heterocycles. The van der Waals surface area contributed by atoms with E-state index < -0.39 is 18.9 Å². The van der Waals surface area contributed by atoms with Gasteiger partial charge in [-0.25, -0.2) is 8.42 Å². The minimum atomic E-state index is -3.67. The van der Waals surface area contributed by atoms with Crippen LogP contribution >= 0.6 is 0 Å². The van der Waals surface area contributed by atoms with Gasteiger partial charge in [0.15, 0.2) is 0 Å². The highest BCUT2D eigenvalue weighted by molar-refractivity contribution is 7.91. The van der Waals surface area contributed by atoms with Crippen LogP contribution in [-0.2, 0) is 28.1 Å². The van der Waals surface area contributed by atoms with Crippen LogP contribution in [-0.4, -0.2) is 30.5 Å². The summed E-state index contributed by atoms with van der Waals surface area (Å²) in [5.41, 5.74) is 3.07. The molecule has 0 amide bonds. The normalized spacial score (nSPS) is 15.2. The molecule has 3 rings (SSSR count). The molecule has 2 aromatic carbocycles. The molecule has 0 unspecified atom stereocenters. The lowest BCUT2D eigenvalue weighted by Gasteiger charge is -2.26. The van der Waals surface area contributed by atoms with Crippen LogP contribution in [0.5, 0.6) is 5.75 Å². The Bertz CT molecular complexity index is 962. The minimum absolute atomic E-state index is 0.211. The average molecular weight is 417 g/mol. The van der Waals surface area contributed by atoms with Crippen LogP contribution in [0, 0.1) is 0 Å². The molecule has 0 fully saturated rings. The predicted octanol–water partition coefficient (Wildman–Crippen LogP) is 4.14. The lowest BCUT2D eigenvalue weighted by molar-refractivity contribution is 0.505. The van der Waals surface area contributed by atoms with Crippen molar-refractivity contribution in [2.24, 2.45) is 0 Å². The third-order valence-electron chi connectivity index (χ3n) is 5.01. The lowest BCUT2D eigenvalue weighted by atomic mass is 9.86. The Kier molecular flexibility index (Phi) is 6.03. The van der Waals surface area contributed by atoms with Crippen LogP contribution < -0.4 is 9.74 Å². The van der Waals surface area contributed by atoms with Gasteiger partial charge in [-0.2, -0.15) is 0 Å². The highest BCUT2D eigenvalue weighted by atomic mass is 32.2. The number of para-hydroxylation sites is 1. The van der Waals surface area contributed by atoms with E-state index in [1.165, 1.54) is 5.56 Å². The SMILES string of the molecule is C[Si](C)Oc1c(C(C)(C)C)cccc1S(=O)(=O)c1ccc2c(c1)CCNCC2. The zero-order valence-corrected chi connectivity index (χ0v) is 19.2. The minimum Gasteiger partial charge on any atom is -0.542 e. The van der Waals surface area contributed by atoms with Crippen molar-refractivity contribution in [3.63, 3.8) is 0 Å². The van der Waals surface area contributed by atoms with E-state index in [9.17, 15) is 8.42 Å². The Balaban J connectivity index is 2.15. The maximum atomic E-state index is 13.6. The quantitative estimate of drug-likeness (QED) is 0.761. The molecule has 0 saturated heterocycles. The molecule has 1 aliphatic heterocycles. The fraction of sp³-hybridized carbons (Fsp3) is 0.455. The molecule has 1 radical (unpaired) electrons. The van der Waals surface area contributed by atoms with Gasteiger partial charge in [0, 0.05) is 0 Å². The summed E-state index contributed by atoms with van der Waals surface area (Å²) >= 11 is 0. The number of rotatable bonds is 4. The molecule has 151 valence electrons. The zero-order chi connectivity index (χ0) is 20.5. The molecular weight excluding hydrogens is 386 g/mol. The van der Waals surface area contributed by atoms with Gasteiger partial charge >= 0.3 is 0 Å². The molecule has 28 heavy (non-hydrogen) atoms. The van der Waals surface area contributed by atoms with Crippen molar-refractivity contribution in [2.45, 2.75) is 61.9 Å². The summed E-state index contributed by atoms with van der Waals surface area (Å²) in [6, 6.07) is 11.1. The number of sulfone groups is 1. The Labute approximate surface area is 171 Å². The summed E-state index contributed by atoms with van der Waals surface area (Å²) in [7, 11) is -4.80. The van der Waals surface area contributed by atoms with E-state index in [2.05, 4.69) is 26.1 Å². The smallest absolute Gasteiger partial charge is 0.274 e. The first kappa shape index (κ1) is 21.1. The summed E-state index contributed by atoms with van der Waals surface area (Å²) in [4.78, 5) is 0.628. The van der Waals surface area contributed by atoms with E-state index in [0.717, 1.165) is 37.1 Å². The topological polar surface area (TPSA) is 55.4 Å². The summed E-state index contributed by atoms with van der Waals surface area (Å²) in [6.45, 7) is 12.1. The monoisotopic (exact) mass is 416 g/mol. The van der Waals surface area contributed by atoms with Crippen molar-refractivity contribution < 1.29 is 12.8 Å². The van der Waals surface area contributed by atoms with Gasteiger partial charge in [0.25, 0.3) is 9.04 Å². The molecular formula is C22H30NO3SSi. The number of fused-ring (bicyclic) bond motifs is 1. The van der Waals surface area contributed by atoms with Crippen LogP contribution in [0.3, 0.4) is 0 Å². The second-order valence-corrected chi connectivity index (χ2v) is 12.5. The molecule has 2 aromatic rings. The molecule has 0 aliphatic carbocycles. The zero-order valence-electron chi connectivity index (χ0n) is 17.4. The third kappa shape index (κ3) is 4.34. The fourth-order valence-electron chi connectivity index (χ4n) is 3.57. The first-order valence-electron chi connectivity index (χ1n) is 9.80. The average Bonchev–Trinajstić information content (AvgIpc) is 2.85. The standard InChI is InChI=1S/C22H30NO3SSi/c1-22(2,3)19-7-6-8-20(21(19)26-28(4)5)27(24,25)18-10-9-16-11-13-23-14-12-17(16)15-18/h6-10,15,23H,11-14H2,1-5H3. The van der Waals surface area contributed by atoms with Crippen LogP contribution in [0.15, 0.2) is 46.2 Å². The summed E-state index contributed by atoms with van der Waals surface area (Å²) < 4.78 is 33.4. The van der Waals surface area contributed by atoms with Crippen molar-refractivity contribution in [3.8, 4) is 5.75 Å². The van der Waals surface area contributed by atoms with Crippen LogP contribution in [0.4, 0.5) is 0 Å². The van der Waals surface area contributed by atoms with Crippen LogP contribution in [0.2, 0.25) is 13.1 Å². The van der Waals surface area contributed by atoms with E-state index in [-0.39, 0.29) is 10.3 Å². The van der Waals surface area contributed by atoms with E-state index in [1.54, 1.807) is 12.1 Å². The van der Waals surface area contributed by atoms with Crippen molar-refractivity contribution in [2.75, 3.05) is 13.1 Å². The number of hydrogen-bond acceptors (Lipinski definition) is 4. The predicted molar refractivity (Wildman–Crippen MR) is 115 cm³/mol. The molecule has 1 aliphatic rings. The third-order valence-corrected chi connectivity index (χ3v) is 7.40. The number of benzene rings is 2. The lowest BCUT2D eigenvalue weighted by Crippen LogP contribution is -2.20. The van der Waals surface area contributed by atoms with Gasteiger partial charge in [0.2, 0.25) is 9.84 Å². The van der Waals surface area contributed by atoms with E-state index in [0.29, 0.717) is 10.6 Å². The summed E-state index contributed by atoms with van der Waals surface area (Å²) in [5, 5.41) is 3.37. The molecule has 6 heteroatoms. The van der Waals surface area contributed by atoms with Gasteiger partial charge < -0.3 is 9.74 Å². The summed E-state index contributed by atoms with van der Waals surface area (Å²) in [6.07, 6.45) is 1.78. The van der Waals surface area contributed by atoms with Gasteiger partial charge in [0.05, 0.1) is 4.90 Å². The molecule has 0 atom stereocenters. The highest BCUT2D eigenvalue weighted by Crippen LogP contribution is 2.39. The maximum absolute atomic E-state index is 13.6. The first-order chi connectivity index (χ1) is 13.1. The van der Waals surface area contributed by atoms with E-state index in [1.807, 2.05) is 37.4 Å². The Morgan fingerprint density at radius 2 is 1.68 bits per heavy atom. The van der Waals surface area contributed by atoms with Crippen LogP contribution in [0.1, 0.15) is 37.5 Å². The second-order valence-electron chi connectivity index (χ2n) is 8.58. The number of hydrogen-bond donors (Lipinski definition) is 1. The Hall–Kier alpha value is -1.63. The van der Waals surface area contributed by atoms with Gasteiger partial charge in [0.1, 0.15) is 10.6 Å². The van der Waals surface area contributed by atoms with Gasteiger partial charge in [-0.15, -0.1) is 0 Å². The van der Waals surface area contributed by atoms with E-state index >= 15 is 0 Å². The van der Waals surface area contributed by atoms with Crippen molar-refractivity contribution >= 4 is 18.9 Å². The molecule has 0 spiro atoms. The maximum Gasteiger partial charge on any atom is 0.274 e. The van der Waals surface area contributed by atoms with Gasteiger partial charge in [-0.1, -0.05) is 39.0 Å². The highest BCUT2D eigenvalue weighted by Gasteiger charge is 2.29. The Morgan fingerprint density at radius 1 is 1.00 bits per heavy atom. The first-order valence-corrected chi connectivity index (χ1v) is 13.7. The van der Waals surface area contributed by atoms with E-state index in [4.69, 9.17) is 4.43 Å². The molecule has 1 N–H and O–H groups in total. The summed E-state index contributed by atoms with van der Waals surface area (Å²) in [5.74, 6) is 0.519. The molecule has 0 saturated carbocycles. The second kappa shape index (κ2) is 8.01. The Morgan fingerprint density at radius 3 is 2.32 bits per heavy atom. The van der Waals surface area contributed by atoms with Crippen LogP contribution in [0.25, 0.3) is 0 Å². The molecule has 0 bridgehead atoms. The fourth-order valence-corrected chi connectivity index (χ4v) is 5.73. The molecule has 0 aromatic heterocycles. The van der Waals surface area contributed by atoms with Crippen molar-refractivity contribution in [1.82, 2.24) is 5.32 Å². The van der Waals surface area contributed by atoms with Gasteiger partial charge in [-0.05, 0) is 79.3 Å². The number of nitrogens with one attached hydrogen (secondary N) is 1. The van der Waals surface area contributed by atoms with Crippen molar-refractivity contribution in [3.05, 3.63) is 53.1 Å². The van der Waals surface area contributed by atoms with Gasteiger partial charge in [-0.3, -0.25) is 0 Å².